The van der Waals surface area contributed by atoms with E-state index in [4.69, 9.17) is 5.11 Å². The molecule has 0 bridgehead atoms. The first kappa shape index (κ1) is 13.7. The first-order valence-electron chi connectivity index (χ1n) is 7.91. The molecule has 4 heteroatoms. The van der Waals surface area contributed by atoms with Gasteiger partial charge in [0.15, 0.2) is 0 Å². The van der Waals surface area contributed by atoms with Crippen LogP contribution in [0.25, 0.3) is 10.9 Å². The van der Waals surface area contributed by atoms with Crippen LogP contribution in [0.15, 0.2) is 24.4 Å². The van der Waals surface area contributed by atoms with Crippen LogP contribution in [0.3, 0.4) is 0 Å². The quantitative estimate of drug-likeness (QED) is 0.853. The molecule has 2 aromatic rings. The van der Waals surface area contributed by atoms with Gasteiger partial charge >= 0.3 is 0 Å². The van der Waals surface area contributed by atoms with Crippen molar-refractivity contribution < 1.29 is 5.11 Å². The molecule has 0 unspecified atom stereocenters. The zero-order chi connectivity index (χ0) is 14.2. The van der Waals surface area contributed by atoms with Gasteiger partial charge in [0.2, 0.25) is 0 Å². The van der Waals surface area contributed by atoms with E-state index >= 15 is 0 Å². The normalized spacial score (nSPS) is 24.2. The SMILES string of the molecule is OCCSCn1cc2c3c(cccc31)[C@H]1CCCN[C@@H]1C2. The summed E-state index contributed by atoms with van der Waals surface area (Å²) in [6, 6.07) is 7.42. The maximum atomic E-state index is 8.96. The van der Waals surface area contributed by atoms with Gasteiger partial charge in [0.1, 0.15) is 0 Å². The molecule has 1 aromatic carbocycles. The van der Waals surface area contributed by atoms with E-state index in [1.807, 2.05) is 0 Å². The second-order valence-electron chi connectivity index (χ2n) is 6.14. The van der Waals surface area contributed by atoms with Crippen LogP contribution in [0.4, 0.5) is 0 Å². The van der Waals surface area contributed by atoms with Gasteiger partial charge in [-0.3, -0.25) is 0 Å². The number of hydrogen-bond acceptors (Lipinski definition) is 3. The Labute approximate surface area is 129 Å². The van der Waals surface area contributed by atoms with Gasteiger partial charge in [0.05, 0.1) is 12.5 Å². The highest BCUT2D eigenvalue weighted by Crippen LogP contribution is 2.41. The molecule has 2 N–H and O–H groups in total. The first-order valence-corrected chi connectivity index (χ1v) is 9.06. The minimum Gasteiger partial charge on any atom is -0.396 e. The minimum atomic E-state index is 0.260. The third-order valence-electron chi connectivity index (χ3n) is 4.91. The number of hydrogen-bond donors (Lipinski definition) is 2. The Kier molecular flexibility index (Phi) is 3.69. The van der Waals surface area contributed by atoms with Crippen LogP contribution >= 0.6 is 11.8 Å². The van der Waals surface area contributed by atoms with E-state index in [0.29, 0.717) is 12.0 Å². The van der Waals surface area contributed by atoms with Crippen LogP contribution in [-0.4, -0.2) is 34.6 Å². The van der Waals surface area contributed by atoms with E-state index in [9.17, 15) is 0 Å². The summed E-state index contributed by atoms with van der Waals surface area (Å²) in [7, 11) is 0. The monoisotopic (exact) mass is 302 g/mol. The number of aliphatic hydroxyl groups is 1. The molecule has 3 nitrogen and oxygen atoms in total. The average Bonchev–Trinajstić information content (AvgIpc) is 2.87. The lowest BCUT2D eigenvalue weighted by Crippen LogP contribution is -2.43. The van der Waals surface area contributed by atoms with Crippen molar-refractivity contribution in [2.24, 2.45) is 0 Å². The number of nitrogens with zero attached hydrogens (tertiary/aromatic N) is 1. The second-order valence-corrected chi connectivity index (χ2v) is 7.21. The third kappa shape index (κ3) is 2.30. The Balaban J connectivity index is 1.75. The van der Waals surface area contributed by atoms with Crippen LogP contribution < -0.4 is 5.32 Å². The number of rotatable bonds is 4. The highest BCUT2D eigenvalue weighted by atomic mass is 32.2. The number of aromatic nitrogens is 1. The van der Waals surface area contributed by atoms with Gasteiger partial charge in [-0.05, 0) is 43.0 Å². The third-order valence-corrected chi connectivity index (χ3v) is 5.84. The number of piperidine rings is 1. The number of benzene rings is 1. The summed E-state index contributed by atoms with van der Waals surface area (Å²) < 4.78 is 2.37. The topological polar surface area (TPSA) is 37.2 Å². The van der Waals surface area contributed by atoms with Crippen molar-refractivity contribution in [3.05, 3.63) is 35.5 Å². The Morgan fingerprint density at radius 2 is 2.33 bits per heavy atom. The number of thioether (sulfide) groups is 1. The number of nitrogens with one attached hydrogen (secondary N) is 1. The molecule has 0 saturated carbocycles. The molecule has 2 aliphatic rings. The molecule has 112 valence electrons. The smallest absolute Gasteiger partial charge is 0.0683 e. The van der Waals surface area contributed by atoms with Crippen LogP contribution in [-0.2, 0) is 12.3 Å². The fourth-order valence-corrected chi connectivity index (χ4v) is 4.71. The Morgan fingerprint density at radius 3 is 3.24 bits per heavy atom. The van der Waals surface area contributed by atoms with E-state index in [1.165, 1.54) is 35.9 Å². The summed E-state index contributed by atoms with van der Waals surface area (Å²) in [5.41, 5.74) is 4.43. The van der Waals surface area contributed by atoms with Crippen molar-refractivity contribution in [2.75, 3.05) is 18.9 Å². The summed E-state index contributed by atoms with van der Waals surface area (Å²) >= 11 is 1.79. The molecule has 1 saturated heterocycles. The molecular formula is C17H22N2OS. The maximum absolute atomic E-state index is 8.96. The second kappa shape index (κ2) is 5.67. The fourth-order valence-electron chi connectivity index (χ4n) is 4.04. The predicted molar refractivity (Wildman–Crippen MR) is 89.0 cm³/mol. The molecule has 2 heterocycles. The van der Waals surface area contributed by atoms with Gasteiger partial charge in [0.25, 0.3) is 0 Å². The van der Waals surface area contributed by atoms with Crippen LogP contribution in [0.1, 0.15) is 29.9 Å². The van der Waals surface area contributed by atoms with Gasteiger partial charge in [-0.15, -0.1) is 11.8 Å². The summed E-state index contributed by atoms with van der Waals surface area (Å²) in [6.07, 6.45) is 6.11. The van der Waals surface area contributed by atoms with Crippen molar-refractivity contribution >= 4 is 22.7 Å². The van der Waals surface area contributed by atoms with Crippen LogP contribution in [0, 0.1) is 0 Å². The molecule has 1 aliphatic heterocycles. The highest BCUT2D eigenvalue weighted by molar-refractivity contribution is 7.98. The van der Waals surface area contributed by atoms with E-state index < -0.39 is 0 Å². The van der Waals surface area contributed by atoms with Gasteiger partial charge in [-0.2, -0.15) is 0 Å². The van der Waals surface area contributed by atoms with E-state index in [1.54, 1.807) is 17.3 Å². The molecule has 1 aliphatic carbocycles. The Bertz CT molecular complexity index is 652. The standard InChI is InChI=1S/C17H22N2OS/c20-7-8-21-11-19-10-12-9-15-13(4-2-6-18-15)14-3-1-5-16(19)17(12)14/h1,3,5,10,13,15,18,20H,2,4,6-9,11H2/t13-,15-/m1/s1. The molecular weight excluding hydrogens is 280 g/mol. The van der Waals surface area contributed by atoms with Crippen molar-refractivity contribution in [3.8, 4) is 0 Å². The summed E-state index contributed by atoms with van der Waals surface area (Å²) in [5, 5.41) is 14.2. The van der Waals surface area contributed by atoms with E-state index in [-0.39, 0.29) is 6.61 Å². The maximum Gasteiger partial charge on any atom is 0.0683 e. The summed E-state index contributed by atoms with van der Waals surface area (Å²) in [4.78, 5) is 0. The van der Waals surface area contributed by atoms with E-state index in [0.717, 1.165) is 18.1 Å². The molecule has 0 radical (unpaired) electrons. The van der Waals surface area contributed by atoms with Gasteiger partial charge in [-0.25, -0.2) is 0 Å². The molecule has 2 atom stereocenters. The van der Waals surface area contributed by atoms with Crippen LogP contribution in [0.5, 0.6) is 0 Å². The molecule has 0 spiro atoms. The largest absolute Gasteiger partial charge is 0.396 e. The Hall–Kier alpha value is -0.970. The zero-order valence-electron chi connectivity index (χ0n) is 12.2. The van der Waals surface area contributed by atoms with Crippen molar-refractivity contribution in [3.63, 3.8) is 0 Å². The lowest BCUT2D eigenvalue weighted by atomic mass is 9.76. The highest BCUT2D eigenvalue weighted by Gasteiger charge is 2.33. The zero-order valence-corrected chi connectivity index (χ0v) is 13.0. The minimum absolute atomic E-state index is 0.260. The Morgan fingerprint density at radius 1 is 1.38 bits per heavy atom. The number of fused-ring (bicyclic) bond motifs is 2. The van der Waals surface area contributed by atoms with E-state index in [2.05, 4.69) is 34.3 Å². The van der Waals surface area contributed by atoms with Crippen molar-refractivity contribution in [2.45, 2.75) is 37.1 Å². The van der Waals surface area contributed by atoms with Crippen molar-refractivity contribution in [1.29, 1.82) is 0 Å². The fraction of sp³-hybridized carbons (Fsp3) is 0.529. The molecule has 1 fully saturated rings. The first-order chi connectivity index (χ1) is 10.4. The van der Waals surface area contributed by atoms with Gasteiger partial charge < -0.3 is 15.0 Å². The molecule has 1 aromatic heterocycles. The van der Waals surface area contributed by atoms with Gasteiger partial charge in [-0.1, -0.05) is 12.1 Å². The molecule has 0 amide bonds. The predicted octanol–water partition coefficient (Wildman–Crippen LogP) is 2.72. The summed E-state index contributed by atoms with van der Waals surface area (Å²) in [5.74, 6) is 2.43. The average molecular weight is 302 g/mol. The van der Waals surface area contributed by atoms with Gasteiger partial charge in [0, 0.05) is 34.8 Å². The van der Waals surface area contributed by atoms with Crippen LogP contribution in [0.2, 0.25) is 0 Å². The number of aliphatic hydroxyl groups excluding tert-OH is 1. The lowest BCUT2D eigenvalue weighted by Gasteiger charge is -2.36. The van der Waals surface area contributed by atoms with Crippen molar-refractivity contribution in [1.82, 2.24) is 9.88 Å². The molecule has 21 heavy (non-hydrogen) atoms. The lowest BCUT2D eigenvalue weighted by molar-refractivity contribution is 0.322. The summed E-state index contributed by atoms with van der Waals surface area (Å²) in [6.45, 7) is 1.43. The molecule has 4 rings (SSSR count).